The average molecular weight is 299 g/mol. The summed E-state index contributed by atoms with van der Waals surface area (Å²) in [6.45, 7) is 4.31. The Kier molecular flexibility index (Phi) is 6.12. The van der Waals surface area contributed by atoms with Crippen LogP contribution in [0.25, 0.3) is 0 Å². The molecule has 112 valence electrons. The van der Waals surface area contributed by atoms with Crippen molar-refractivity contribution in [2.75, 3.05) is 24.7 Å². The predicted octanol–water partition coefficient (Wildman–Crippen LogP) is 0.845. The number of anilines is 1. The minimum atomic E-state index is -3.14. The van der Waals surface area contributed by atoms with Crippen LogP contribution in [0.5, 0.6) is 0 Å². The summed E-state index contributed by atoms with van der Waals surface area (Å²) in [5.41, 5.74) is 1.77. The summed E-state index contributed by atoms with van der Waals surface area (Å²) in [5, 5.41) is 5.94. The van der Waals surface area contributed by atoms with Gasteiger partial charge in [-0.25, -0.2) is 13.1 Å². The van der Waals surface area contributed by atoms with Gasteiger partial charge in [-0.2, -0.15) is 0 Å². The smallest absolute Gasteiger partial charge is 0.221 e. The third kappa shape index (κ3) is 6.65. The second-order valence-electron chi connectivity index (χ2n) is 4.65. The number of amides is 1. The molecule has 1 rings (SSSR count). The molecular weight excluding hydrogens is 278 g/mol. The normalized spacial score (nSPS) is 12.9. The Hall–Kier alpha value is -1.44. The number of hydrogen-bond donors (Lipinski definition) is 3. The maximum atomic E-state index is 11.0. The van der Waals surface area contributed by atoms with Crippen LogP contribution in [-0.4, -0.2) is 33.7 Å². The molecule has 20 heavy (non-hydrogen) atoms. The Balaban J connectivity index is 2.50. The van der Waals surface area contributed by atoms with E-state index in [2.05, 4.69) is 15.4 Å². The molecular formula is C13H21N3O3S. The highest BCUT2D eigenvalue weighted by atomic mass is 32.2. The number of benzene rings is 1. The summed E-state index contributed by atoms with van der Waals surface area (Å²) in [5.74, 6) is -0.111. The SMILES string of the molecule is CC(=O)Nc1cccc(C(C)NCCNS(C)(=O)=O)c1. The Labute approximate surface area is 120 Å². The van der Waals surface area contributed by atoms with Crippen molar-refractivity contribution in [2.24, 2.45) is 0 Å². The highest BCUT2D eigenvalue weighted by molar-refractivity contribution is 7.88. The van der Waals surface area contributed by atoms with Gasteiger partial charge < -0.3 is 10.6 Å². The summed E-state index contributed by atoms with van der Waals surface area (Å²) < 4.78 is 24.2. The molecule has 1 unspecified atom stereocenters. The standard InChI is InChI=1S/C13H21N3O3S/c1-10(14-7-8-15-20(3,18)19)12-5-4-6-13(9-12)16-11(2)17/h4-6,9-10,14-15H,7-8H2,1-3H3,(H,16,17). The topological polar surface area (TPSA) is 87.3 Å². The largest absolute Gasteiger partial charge is 0.326 e. The van der Waals surface area contributed by atoms with E-state index in [1.54, 1.807) is 0 Å². The molecule has 1 amide bonds. The van der Waals surface area contributed by atoms with E-state index >= 15 is 0 Å². The second kappa shape index (κ2) is 7.37. The molecule has 6 nitrogen and oxygen atoms in total. The summed E-state index contributed by atoms with van der Waals surface area (Å²) in [7, 11) is -3.14. The molecule has 0 bridgehead atoms. The average Bonchev–Trinajstić information content (AvgIpc) is 2.32. The van der Waals surface area contributed by atoms with E-state index in [0.29, 0.717) is 13.1 Å². The lowest BCUT2D eigenvalue weighted by Gasteiger charge is -2.15. The Morgan fingerprint density at radius 2 is 2.00 bits per heavy atom. The van der Waals surface area contributed by atoms with Crippen LogP contribution in [-0.2, 0) is 14.8 Å². The number of sulfonamides is 1. The van der Waals surface area contributed by atoms with Gasteiger partial charge in [-0.05, 0) is 24.6 Å². The molecule has 0 aliphatic carbocycles. The van der Waals surface area contributed by atoms with Gasteiger partial charge in [-0.15, -0.1) is 0 Å². The van der Waals surface area contributed by atoms with E-state index in [9.17, 15) is 13.2 Å². The van der Waals surface area contributed by atoms with E-state index < -0.39 is 10.0 Å². The van der Waals surface area contributed by atoms with Crippen molar-refractivity contribution >= 4 is 21.6 Å². The lowest BCUT2D eigenvalue weighted by atomic mass is 10.1. The van der Waals surface area contributed by atoms with Gasteiger partial charge in [0, 0.05) is 31.7 Å². The number of nitrogens with one attached hydrogen (secondary N) is 3. The first kappa shape index (κ1) is 16.6. The van der Waals surface area contributed by atoms with Crippen molar-refractivity contribution in [3.63, 3.8) is 0 Å². The lowest BCUT2D eigenvalue weighted by molar-refractivity contribution is -0.114. The Morgan fingerprint density at radius 1 is 1.30 bits per heavy atom. The zero-order valence-electron chi connectivity index (χ0n) is 11.9. The minimum absolute atomic E-state index is 0.0602. The van der Waals surface area contributed by atoms with Gasteiger partial charge >= 0.3 is 0 Å². The van der Waals surface area contributed by atoms with Crippen molar-refractivity contribution in [3.8, 4) is 0 Å². The van der Waals surface area contributed by atoms with Crippen LogP contribution in [0, 0.1) is 0 Å². The molecule has 0 aliphatic heterocycles. The Morgan fingerprint density at radius 3 is 2.60 bits per heavy atom. The Bertz CT molecular complexity index is 558. The van der Waals surface area contributed by atoms with Gasteiger partial charge in [0.05, 0.1) is 6.26 Å². The first-order chi connectivity index (χ1) is 9.28. The quantitative estimate of drug-likeness (QED) is 0.651. The predicted molar refractivity (Wildman–Crippen MR) is 80.0 cm³/mol. The van der Waals surface area contributed by atoms with Gasteiger partial charge in [0.2, 0.25) is 15.9 Å². The molecule has 1 aromatic rings. The molecule has 0 saturated carbocycles. The molecule has 1 atom stereocenters. The number of hydrogen-bond acceptors (Lipinski definition) is 4. The third-order valence-electron chi connectivity index (χ3n) is 2.65. The first-order valence-corrected chi connectivity index (χ1v) is 8.22. The van der Waals surface area contributed by atoms with Crippen LogP contribution in [0.3, 0.4) is 0 Å². The van der Waals surface area contributed by atoms with Crippen LogP contribution in [0.4, 0.5) is 5.69 Å². The highest BCUT2D eigenvalue weighted by Gasteiger charge is 2.06. The van der Waals surface area contributed by atoms with Gasteiger partial charge in [0.15, 0.2) is 0 Å². The van der Waals surface area contributed by atoms with E-state index in [1.165, 1.54) is 6.92 Å². The van der Waals surface area contributed by atoms with Crippen LogP contribution >= 0.6 is 0 Å². The highest BCUT2D eigenvalue weighted by Crippen LogP contribution is 2.17. The van der Waals surface area contributed by atoms with E-state index in [0.717, 1.165) is 17.5 Å². The molecule has 3 N–H and O–H groups in total. The molecule has 0 spiro atoms. The molecule has 0 heterocycles. The molecule has 7 heteroatoms. The molecule has 0 fully saturated rings. The van der Waals surface area contributed by atoms with Crippen molar-refractivity contribution in [3.05, 3.63) is 29.8 Å². The zero-order valence-corrected chi connectivity index (χ0v) is 12.8. The summed E-state index contributed by atoms with van der Waals surface area (Å²) in [4.78, 5) is 11.0. The van der Waals surface area contributed by atoms with Crippen LogP contribution in [0.2, 0.25) is 0 Å². The van der Waals surface area contributed by atoms with Crippen LogP contribution in [0.15, 0.2) is 24.3 Å². The van der Waals surface area contributed by atoms with E-state index in [4.69, 9.17) is 0 Å². The number of carbonyl (C=O) groups is 1. The summed E-state index contributed by atoms with van der Waals surface area (Å²) in [6, 6.07) is 7.59. The fraction of sp³-hybridized carbons (Fsp3) is 0.462. The van der Waals surface area contributed by atoms with Gasteiger partial charge in [-0.1, -0.05) is 12.1 Å². The molecule has 0 radical (unpaired) electrons. The van der Waals surface area contributed by atoms with Gasteiger partial charge in [0.25, 0.3) is 0 Å². The van der Waals surface area contributed by atoms with Crippen molar-refractivity contribution in [1.29, 1.82) is 0 Å². The van der Waals surface area contributed by atoms with E-state index in [1.807, 2.05) is 31.2 Å². The second-order valence-corrected chi connectivity index (χ2v) is 6.48. The number of rotatable bonds is 7. The fourth-order valence-corrected chi connectivity index (χ4v) is 2.20. The maximum absolute atomic E-state index is 11.0. The zero-order chi connectivity index (χ0) is 15.2. The van der Waals surface area contributed by atoms with Crippen molar-refractivity contribution in [1.82, 2.24) is 10.0 Å². The van der Waals surface area contributed by atoms with Crippen LogP contribution < -0.4 is 15.4 Å². The maximum Gasteiger partial charge on any atom is 0.221 e. The summed E-state index contributed by atoms with van der Waals surface area (Å²) in [6.07, 6.45) is 1.13. The van der Waals surface area contributed by atoms with Crippen molar-refractivity contribution in [2.45, 2.75) is 19.9 Å². The van der Waals surface area contributed by atoms with Gasteiger partial charge in [0.1, 0.15) is 0 Å². The molecule has 0 aliphatic rings. The van der Waals surface area contributed by atoms with Crippen LogP contribution in [0.1, 0.15) is 25.5 Å². The lowest BCUT2D eigenvalue weighted by Crippen LogP contribution is -2.32. The third-order valence-corrected chi connectivity index (χ3v) is 3.38. The molecule has 1 aromatic carbocycles. The van der Waals surface area contributed by atoms with E-state index in [-0.39, 0.29) is 11.9 Å². The number of carbonyl (C=O) groups excluding carboxylic acids is 1. The molecule has 0 saturated heterocycles. The molecule has 0 aromatic heterocycles. The summed E-state index contributed by atoms with van der Waals surface area (Å²) >= 11 is 0. The van der Waals surface area contributed by atoms with Gasteiger partial charge in [-0.3, -0.25) is 4.79 Å². The first-order valence-electron chi connectivity index (χ1n) is 6.33. The monoisotopic (exact) mass is 299 g/mol. The fourth-order valence-electron chi connectivity index (χ4n) is 1.73. The minimum Gasteiger partial charge on any atom is -0.326 e. The van der Waals surface area contributed by atoms with Crippen molar-refractivity contribution < 1.29 is 13.2 Å².